The molecule has 0 aliphatic heterocycles. The molecular formula is C22H26N4O3S2. The monoisotopic (exact) mass is 458 g/mol. The van der Waals surface area contributed by atoms with Crippen molar-refractivity contribution in [2.75, 3.05) is 13.6 Å². The van der Waals surface area contributed by atoms with E-state index >= 15 is 0 Å². The van der Waals surface area contributed by atoms with Gasteiger partial charge in [-0.1, -0.05) is 36.4 Å². The quantitative estimate of drug-likeness (QED) is 0.586. The summed E-state index contributed by atoms with van der Waals surface area (Å²) < 4.78 is 36.5. The summed E-state index contributed by atoms with van der Waals surface area (Å²) in [4.78, 5) is 14.8. The second-order valence-corrected chi connectivity index (χ2v) is 10.4. The number of amides is 1. The van der Waals surface area contributed by atoms with Crippen LogP contribution in [0.15, 0.2) is 53.4 Å². The highest BCUT2D eigenvalue weighted by molar-refractivity contribution is 7.89. The molecule has 0 bridgehead atoms. The Labute approximate surface area is 186 Å². The third-order valence-electron chi connectivity index (χ3n) is 5.94. The fraction of sp³-hybridized carbons (Fsp3) is 0.409. The van der Waals surface area contributed by atoms with Crippen molar-refractivity contribution in [1.29, 1.82) is 0 Å². The van der Waals surface area contributed by atoms with Crippen molar-refractivity contribution in [2.45, 2.75) is 37.1 Å². The molecule has 1 saturated carbocycles. The molecule has 9 heteroatoms. The van der Waals surface area contributed by atoms with Crippen LogP contribution in [-0.4, -0.2) is 41.6 Å². The van der Waals surface area contributed by atoms with Crippen LogP contribution in [0.1, 0.15) is 31.2 Å². The lowest BCUT2D eigenvalue weighted by atomic mass is 9.81. The summed E-state index contributed by atoms with van der Waals surface area (Å²) in [5.74, 6) is 0.410. The molecule has 0 saturated heterocycles. The number of nitrogens with one attached hydrogen (secondary N) is 1. The van der Waals surface area contributed by atoms with Gasteiger partial charge in [0.2, 0.25) is 15.9 Å². The van der Waals surface area contributed by atoms with E-state index < -0.39 is 10.0 Å². The largest absolute Gasteiger partial charge is 0.341 e. The first kappa shape index (κ1) is 21.9. The number of carbonyl (C=O) groups excluding carboxylic acids is 1. The molecule has 1 heterocycles. The Bertz CT molecular complexity index is 1140. The molecule has 1 fully saturated rings. The number of aromatic nitrogens is 2. The Hall–Kier alpha value is -2.36. The van der Waals surface area contributed by atoms with E-state index in [2.05, 4.69) is 13.5 Å². The lowest BCUT2D eigenvalue weighted by molar-refractivity contribution is -0.136. The number of benzene rings is 2. The highest BCUT2D eigenvalue weighted by Gasteiger charge is 2.29. The average molecular weight is 459 g/mol. The van der Waals surface area contributed by atoms with Gasteiger partial charge in [-0.15, -0.1) is 0 Å². The zero-order valence-corrected chi connectivity index (χ0v) is 19.0. The van der Waals surface area contributed by atoms with Gasteiger partial charge in [0.1, 0.15) is 15.9 Å². The molecule has 2 aromatic carbocycles. The molecule has 0 atom stereocenters. The highest BCUT2D eigenvalue weighted by Crippen LogP contribution is 2.30. The van der Waals surface area contributed by atoms with Crippen LogP contribution in [0, 0.1) is 11.8 Å². The van der Waals surface area contributed by atoms with Gasteiger partial charge in [0.05, 0.1) is 11.7 Å². The number of rotatable bonds is 7. The van der Waals surface area contributed by atoms with Crippen LogP contribution in [0.2, 0.25) is 0 Å². The van der Waals surface area contributed by atoms with Gasteiger partial charge in [-0.25, -0.2) is 13.1 Å². The van der Waals surface area contributed by atoms with Gasteiger partial charge in [0.15, 0.2) is 0 Å². The van der Waals surface area contributed by atoms with Crippen molar-refractivity contribution in [3.05, 3.63) is 54.1 Å². The van der Waals surface area contributed by atoms with Crippen LogP contribution in [0.5, 0.6) is 0 Å². The van der Waals surface area contributed by atoms with Gasteiger partial charge in [-0.3, -0.25) is 4.79 Å². The van der Waals surface area contributed by atoms with Crippen molar-refractivity contribution < 1.29 is 13.2 Å². The molecule has 1 aromatic heterocycles. The summed E-state index contributed by atoms with van der Waals surface area (Å²) in [5, 5.41) is 0. The Morgan fingerprint density at radius 1 is 1.06 bits per heavy atom. The minimum absolute atomic E-state index is 0.0106. The Morgan fingerprint density at radius 3 is 2.55 bits per heavy atom. The van der Waals surface area contributed by atoms with E-state index in [1.807, 2.05) is 37.4 Å². The van der Waals surface area contributed by atoms with Crippen LogP contribution < -0.4 is 4.72 Å². The fourth-order valence-electron chi connectivity index (χ4n) is 4.16. The number of hydrogen-bond acceptors (Lipinski definition) is 6. The predicted octanol–water partition coefficient (Wildman–Crippen LogP) is 3.43. The predicted molar refractivity (Wildman–Crippen MR) is 121 cm³/mol. The molecular weight excluding hydrogens is 432 g/mol. The summed E-state index contributed by atoms with van der Waals surface area (Å²) in [5.41, 5.74) is 2.12. The van der Waals surface area contributed by atoms with Crippen LogP contribution in [0.3, 0.4) is 0 Å². The maximum Gasteiger partial charge on any atom is 0.242 e. The van der Waals surface area contributed by atoms with Crippen LogP contribution in [0.25, 0.3) is 11.0 Å². The zero-order chi connectivity index (χ0) is 21.8. The first-order valence-electron chi connectivity index (χ1n) is 10.4. The minimum Gasteiger partial charge on any atom is -0.341 e. The van der Waals surface area contributed by atoms with Crippen molar-refractivity contribution in [1.82, 2.24) is 18.4 Å². The molecule has 1 N–H and O–H groups in total. The molecule has 31 heavy (non-hydrogen) atoms. The molecule has 7 nitrogen and oxygen atoms in total. The topological polar surface area (TPSA) is 92.3 Å². The van der Waals surface area contributed by atoms with Crippen LogP contribution >= 0.6 is 11.7 Å². The first-order chi connectivity index (χ1) is 14.9. The third-order valence-corrected chi connectivity index (χ3v) is 7.93. The number of sulfonamides is 1. The van der Waals surface area contributed by atoms with Crippen molar-refractivity contribution in [3.8, 4) is 0 Å². The average Bonchev–Trinajstić information content (AvgIpc) is 3.27. The molecule has 0 spiro atoms. The first-order valence-corrected chi connectivity index (χ1v) is 12.7. The van der Waals surface area contributed by atoms with Gasteiger partial charge in [0.25, 0.3) is 0 Å². The SMILES string of the molecule is CN(Cc1ccccc1)C(=O)C1CCC(CNS(=O)(=O)c2cccc3nsnc23)CC1. The summed E-state index contributed by atoms with van der Waals surface area (Å²) in [6.45, 7) is 0.980. The van der Waals surface area contributed by atoms with Gasteiger partial charge in [0, 0.05) is 26.1 Å². The zero-order valence-electron chi connectivity index (χ0n) is 17.4. The van der Waals surface area contributed by atoms with Gasteiger partial charge < -0.3 is 4.90 Å². The molecule has 0 unspecified atom stereocenters. The van der Waals surface area contributed by atoms with E-state index in [9.17, 15) is 13.2 Å². The smallest absolute Gasteiger partial charge is 0.242 e. The number of hydrogen-bond donors (Lipinski definition) is 1. The van der Waals surface area contributed by atoms with Crippen LogP contribution in [-0.2, 0) is 21.4 Å². The van der Waals surface area contributed by atoms with Gasteiger partial charge in [-0.2, -0.15) is 8.75 Å². The maximum absolute atomic E-state index is 12.8. The molecule has 4 rings (SSSR count). The van der Waals surface area contributed by atoms with Crippen molar-refractivity contribution in [2.24, 2.45) is 11.8 Å². The maximum atomic E-state index is 12.8. The lowest BCUT2D eigenvalue weighted by Crippen LogP contribution is -2.37. The summed E-state index contributed by atoms with van der Waals surface area (Å²) in [6.07, 6.45) is 3.24. The Balaban J connectivity index is 1.29. The van der Waals surface area contributed by atoms with E-state index in [-0.39, 0.29) is 22.6 Å². The van der Waals surface area contributed by atoms with Gasteiger partial charge >= 0.3 is 0 Å². The molecule has 3 aromatic rings. The van der Waals surface area contributed by atoms with E-state index in [0.717, 1.165) is 43.0 Å². The standard InChI is InChI=1S/C22H26N4O3S2/c1-26(15-17-6-3-2-4-7-17)22(27)18-12-10-16(11-13-18)14-23-31(28,29)20-9-5-8-19-21(20)25-30-24-19/h2-9,16,18,23H,10-15H2,1H3. The molecule has 1 aliphatic rings. The molecule has 164 valence electrons. The third kappa shape index (κ3) is 5.11. The Morgan fingerprint density at radius 2 is 1.81 bits per heavy atom. The molecule has 1 aliphatic carbocycles. The Kier molecular flexibility index (Phi) is 6.64. The molecule has 1 amide bonds. The van der Waals surface area contributed by atoms with Crippen LogP contribution in [0.4, 0.5) is 0 Å². The number of carbonyl (C=O) groups is 1. The highest BCUT2D eigenvalue weighted by atomic mass is 32.2. The summed E-state index contributed by atoms with van der Waals surface area (Å²) in [6, 6.07) is 15.0. The lowest BCUT2D eigenvalue weighted by Gasteiger charge is -2.30. The minimum atomic E-state index is -3.66. The summed E-state index contributed by atoms with van der Waals surface area (Å²) in [7, 11) is -1.80. The number of nitrogens with zero attached hydrogens (tertiary/aromatic N) is 3. The second-order valence-electron chi connectivity index (χ2n) is 8.14. The van der Waals surface area contributed by atoms with E-state index in [1.54, 1.807) is 23.1 Å². The van der Waals surface area contributed by atoms with E-state index in [0.29, 0.717) is 24.1 Å². The van der Waals surface area contributed by atoms with Crippen molar-refractivity contribution >= 4 is 38.7 Å². The van der Waals surface area contributed by atoms with E-state index in [4.69, 9.17) is 0 Å². The molecule has 0 radical (unpaired) electrons. The second kappa shape index (κ2) is 9.42. The fourth-order valence-corrected chi connectivity index (χ4v) is 6.04. The number of fused-ring (bicyclic) bond motifs is 1. The van der Waals surface area contributed by atoms with Gasteiger partial charge in [-0.05, 0) is 49.3 Å². The summed E-state index contributed by atoms with van der Waals surface area (Å²) >= 11 is 1.01. The van der Waals surface area contributed by atoms with Crippen molar-refractivity contribution in [3.63, 3.8) is 0 Å². The van der Waals surface area contributed by atoms with E-state index in [1.165, 1.54) is 0 Å². The normalized spacial score (nSPS) is 19.4.